The third-order valence-electron chi connectivity index (χ3n) is 2.62. The highest BCUT2D eigenvalue weighted by molar-refractivity contribution is 5.26. The van der Waals surface area contributed by atoms with Crippen LogP contribution in [0, 0.1) is 5.82 Å². The van der Waals surface area contributed by atoms with Gasteiger partial charge in [0.15, 0.2) is 0 Å². The van der Waals surface area contributed by atoms with Gasteiger partial charge >= 0.3 is 0 Å². The zero-order valence-corrected chi connectivity index (χ0v) is 7.10. The van der Waals surface area contributed by atoms with Crippen molar-refractivity contribution in [3.05, 3.63) is 35.6 Å². The molecule has 0 bridgehead atoms. The second kappa shape index (κ2) is 2.56. The van der Waals surface area contributed by atoms with E-state index >= 15 is 0 Å². The Bertz CT molecular complexity index is 274. The van der Waals surface area contributed by atoms with Gasteiger partial charge in [-0.25, -0.2) is 4.39 Å². The molecule has 0 radical (unpaired) electrons. The summed E-state index contributed by atoms with van der Waals surface area (Å²) < 4.78 is 12.6. The van der Waals surface area contributed by atoms with Crippen molar-refractivity contribution in [2.45, 2.75) is 18.9 Å². The predicted octanol–water partition coefficient (Wildman–Crippen LogP) is 2.03. The summed E-state index contributed by atoms with van der Waals surface area (Å²) in [6.07, 6.45) is 1.14. The standard InChI is InChI=1S/C10H12FN/c1-10(6-7-12-10)8-2-4-9(11)5-3-8/h2-5,12H,6-7H2,1H3. The lowest BCUT2D eigenvalue weighted by Crippen LogP contribution is -2.51. The van der Waals surface area contributed by atoms with E-state index in [1.807, 2.05) is 12.1 Å². The third kappa shape index (κ3) is 1.12. The lowest BCUT2D eigenvalue weighted by Gasteiger charge is -2.40. The van der Waals surface area contributed by atoms with E-state index in [9.17, 15) is 4.39 Å². The molecule has 1 heterocycles. The van der Waals surface area contributed by atoms with Gasteiger partial charge in [-0.05, 0) is 37.6 Å². The van der Waals surface area contributed by atoms with Crippen LogP contribution in [0.2, 0.25) is 0 Å². The van der Waals surface area contributed by atoms with Crippen LogP contribution in [0.3, 0.4) is 0 Å². The quantitative estimate of drug-likeness (QED) is 0.671. The van der Waals surface area contributed by atoms with Gasteiger partial charge < -0.3 is 5.32 Å². The smallest absolute Gasteiger partial charge is 0.123 e. The summed E-state index contributed by atoms with van der Waals surface area (Å²) in [6.45, 7) is 3.21. The molecule has 0 saturated carbocycles. The van der Waals surface area contributed by atoms with Crippen LogP contribution < -0.4 is 5.32 Å². The molecule has 1 aromatic carbocycles. The van der Waals surface area contributed by atoms with Gasteiger partial charge in [0.25, 0.3) is 0 Å². The van der Waals surface area contributed by atoms with Crippen molar-refractivity contribution in [1.82, 2.24) is 5.32 Å². The SMILES string of the molecule is CC1(c2ccc(F)cc2)CCN1. The molecule has 1 unspecified atom stereocenters. The molecule has 64 valence electrons. The monoisotopic (exact) mass is 165 g/mol. The van der Waals surface area contributed by atoms with Crippen LogP contribution in [-0.2, 0) is 5.54 Å². The fourth-order valence-electron chi connectivity index (χ4n) is 1.56. The molecule has 0 aliphatic carbocycles. The Morgan fingerprint density at radius 2 is 1.92 bits per heavy atom. The first kappa shape index (κ1) is 7.74. The van der Waals surface area contributed by atoms with Crippen LogP contribution >= 0.6 is 0 Å². The van der Waals surface area contributed by atoms with Crippen LogP contribution in [0.15, 0.2) is 24.3 Å². The molecule has 0 amide bonds. The second-order valence-electron chi connectivity index (χ2n) is 3.52. The molecule has 2 heteroatoms. The van der Waals surface area contributed by atoms with Crippen LogP contribution in [0.4, 0.5) is 4.39 Å². The molecule has 1 N–H and O–H groups in total. The average molecular weight is 165 g/mol. The van der Waals surface area contributed by atoms with Crippen molar-refractivity contribution < 1.29 is 4.39 Å². The number of benzene rings is 1. The molecule has 1 fully saturated rings. The Morgan fingerprint density at radius 1 is 1.33 bits per heavy atom. The Kier molecular flexibility index (Phi) is 1.65. The normalized spacial score (nSPS) is 28.2. The number of rotatable bonds is 1. The number of halogens is 1. The molecule has 1 saturated heterocycles. The first-order chi connectivity index (χ1) is 5.71. The van der Waals surface area contributed by atoms with Gasteiger partial charge in [-0.2, -0.15) is 0 Å². The molecule has 0 aromatic heterocycles. The van der Waals surface area contributed by atoms with E-state index in [-0.39, 0.29) is 11.4 Å². The Labute approximate surface area is 71.6 Å². The summed E-state index contributed by atoms with van der Waals surface area (Å²) in [5, 5.41) is 3.34. The Hall–Kier alpha value is -0.890. The molecule has 12 heavy (non-hydrogen) atoms. The van der Waals surface area contributed by atoms with Crippen molar-refractivity contribution in [2.75, 3.05) is 6.54 Å². The highest BCUT2D eigenvalue weighted by atomic mass is 19.1. The first-order valence-electron chi connectivity index (χ1n) is 4.22. The maximum atomic E-state index is 12.6. The van der Waals surface area contributed by atoms with Crippen LogP contribution in [0.1, 0.15) is 18.9 Å². The van der Waals surface area contributed by atoms with E-state index in [1.54, 1.807) is 0 Å². The van der Waals surface area contributed by atoms with Gasteiger partial charge in [0.05, 0.1) is 0 Å². The summed E-state index contributed by atoms with van der Waals surface area (Å²) in [6, 6.07) is 6.73. The number of hydrogen-bond donors (Lipinski definition) is 1. The highest BCUT2D eigenvalue weighted by Gasteiger charge is 2.32. The van der Waals surface area contributed by atoms with Gasteiger partial charge in [0.1, 0.15) is 5.82 Å². The predicted molar refractivity (Wildman–Crippen MR) is 46.4 cm³/mol. The zero-order chi connectivity index (χ0) is 8.60. The minimum Gasteiger partial charge on any atom is -0.307 e. The van der Waals surface area contributed by atoms with Crippen LogP contribution in [0.5, 0.6) is 0 Å². The van der Waals surface area contributed by atoms with Crippen molar-refractivity contribution in [3.8, 4) is 0 Å². The van der Waals surface area contributed by atoms with E-state index in [0.717, 1.165) is 13.0 Å². The Morgan fingerprint density at radius 3 is 2.33 bits per heavy atom. The van der Waals surface area contributed by atoms with E-state index in [4.69, 9.17) is 0 Å². The summed E-state index contributed by atoms with van der Waals surface area (Å²) in [5.74, 6) is -0.165. The molecule has 1 aliphatic rings. The summed E-state index contributed by atoms with van der Waals surface area (Å²) in [4.78, 5) is 0. The molecular weight excluding hydrogens is 153 g/mol. The zero-order valence-electron chi connectivity index (χ0n) is 7.10. The molecule has 1 aliphatic heterocycles. The lowest BCUT2D eigenvalue weighted by atomic mass is 9.83. The van der Waals surface area contributed by atoms with Crippen molar-refractivity contribution in [3.63, 3.8) is 0 Å². The molecule has 2 rings (SSSR count). The lowest BCUT2D eigenvalue weighted by molar-refractivity contribution is 0.236. The fraction of sp³-hybridized carbons (Fsp3) is 0.400. The average Bonchev–Trinajstić information content (AvgIpc) is 2.02. The van der Waals surface area contributed by atoms with E-state index in [2.05, 4.69) is 12.2 Å². The fourth-order valence-corrected chi connectivity index (χ4v) is 1.56. The summed E-state index contributed by atoms with van der Waals surface area (Å²) in [7, 11) is 0. The summed E-state index contributed by atoms with van der Waals surface area (Å²) >= 11 is 0. The minimum absolute atomic E-state index is 0.0910. The van der Waals surface area contributed by atoms with Gasteiger partial charge in [0, 0.05) is 5.54 Å². The largest absolute Gasteiger partial charge is 0.307 e. The molecule has 1 nitrogen and oxygen atoms in total. The van der Waals surface area contributed by atoms with Gasteiger partial charge in [-0.3, -0.25) is 0 Å². The van der Waals surface area contributed by atoms with Crippen molar-refractivity contribution >= 4 is 0 Å². The molecule has 0 spiro atoms. The minimum atomic E-state index is -0.165. The number of nitrogens with one attached hydrogen (secondary N) is 1. The highest BCUT2D eigenvalue weighted by Crippen LogP contribution is 2.30. The Balaban J connectivity index is 2.28. The van der Waals surface area contributed by atoms with Crippen LogP contribution in [-0.4, -0.2) is 6.54 Å². The number of hydrogen-bond acceptors (Lipinski definition) is 1. The maximum Gasteiger partial charge on any atom is 0.123 e. The van der Waals surface area contributed by atoms with Gasteiger partial charge in [-0.1, -0.05) is 12.1 Å². The third-order valence-corrected chi connectivity index (χ3v) is 2.62. The van der Waals surface area contributed by atoms with Gasteiger partial charge in [-0.15, -0.1) is 0 Å². The topological polar surface area (TPSA) is 12.0 Å². The molecule has 1 aromatic rings. The summed E-state index contributed by atoms with van der Waals surface area (Å²) in [5.41, 5.74) is 1.27. The molecular formula is C10H12FN. The molecule has 1 atom stereocenters. The van der Waals surface area contributed by atoms with Gasteiger partial charge in [0.2, 0.25) is 0 Å². The van der Waals surface area contributed by atoms with Crippen molar-refractivity contribution in [2.24, 2.45) is 0 Å². The first-order valence-corrected chi connectivity index (χ1v) is 4.22. The van der Waals surface area contributed by atoms with Crippen molar-refractivity contribution in [1.29, 1.82) is 0 Å². The van der Waals surface area contributed by atoms with Crippen LogP contribution in [0.25, 0.3) is 0 Å². The van der Waals surface area contributed by atoms with E-state index in [1.165, 1.54) is 17.7 Å². The van der Waals surface area contributed by atoms with E-state index < -0.39 is 0 Å². The maximum absolute atomic E-state index is 12.6. The second-order valence-corrected chi connectivity index (χ2v) is 3.52. The van der Waals surface area contributed by atoms with E-state index in [0.29, 0.717) is 0 Å².